The van der Waals surface area contributed by atoms with Crippen LogP contribution >= 0.6 is 58.0 Å². The van der Waals surface area contributed by atoms with E-state index in [1.807, 2.05) is 17.0 Å². The fraction of sp³-hybridized carbons (Fsp3) is 0.605. The zero-order valence-electron chi connectivity index (χ0n) is 36.5. The van der Waals surface area contributed by atoms with Crippen molar-refractivity contribution in [3.8, 4) is 6.55 Å². The summed E-state index contributed by atoms with van der Waals surface area (Å²) in [4.78, 5) is 58.9. The molecule has 15 nitrogen and oxygen atoms in total. The number of likely N-dealkylation sites (tertiary alicyclic amines) is 2. The Morgan fingerprint density at radius 3 is 1.60 bits per heavy atom. The summed E-state index contributed by atoms with van der Waals surface area (Å²) in [6.07, 6.45) is 4.99. The summed E-state index contributed by atoms with van der Waals surface area (Å²) in [6.45, 7) is 9.99. The highest BCUT2D eigenvalue weighted by molar-refractivity contribution is 6.61. The summed E-state index contributed by atoms with van der Waals surface area (Å²) in [6, 6.07) is 11.1. The van der Waals surface area contributed by atoms with Gasteiger partial charge in [0.15, 0.2) is 1.37 Å². The van der Waals surface area contributed by atoms with E-state index in [0.29, 0.717) is 66.0 Å². The first-order chi connectivity index (χ1) is 30.8. The molecule has 0 bridgehead atoms. The fourth-order valence-electron chi connectivity index (χ4n) is 9.46. The lowest BCUT2D eigenvalue weighted by Crippen LogP contribution is -2.72. The van der Waals surface area contributed by atoms with Gasteiger partial charge >= 0.3 is 11.5 Å². The largest absolute Gasteiger partial charge is 0.457 e. The van der Waals surface area contributed by atoms with E-state index in [1.54, 1.807) is 29.2 Å². The van der Waals surface area contributed by atoms with E-state index in [1.165, 1.54) is 27.1 Å². The van der Waals surface area contributed by atoms with Crippen molar-refractivity contribution in [3.05, 3.63) is 67.6 Å². The minimum absolute atomic E-state index is 0.0269. The molecule has 6 aliphatic heterocycles. The Kier molecular flexibility index (Phi) is 19.5. The lowest BCUT2D eigenvalue weighted by molar-refractivity contribution is -0.150. The van der Waals surface area contributed by atoms with Crippen molar-refractivity contribution in [2.24, 2.45) is 0 Å². The molecule has 6 fully saturated rings. The lowest BCUT2D eigenvalue weighted by Gasteiger charge is -2.53. The standard InChI is InChI=1S/C21H27Cl2N3O4.C19H25Cl2N3O2.C2H3ClO2.CHN/c1-29-21(28)25-8-9-26(19(27)11-14-4-5-15(22)16(23)10-14)20-17(12-30-13-18(20)25)24-6-2-3-7-24;20-14-4-3-13(9-15(14)21)10-18(25)24-8-5-22-16-11-26-12-17(19(16)24)23-6-1-2-7-23;1-5-2(3)4;1-2/h4-5,10,17-18,20H,2-3,6-9,11-13H2,1H3;3-4,9,16-17,19,22H,1-2,5-8,10-12H2;1H3;1H/t17?,18-,20-;16-,17?,19+;;/m11../s1/i;;;1D. The minimum Gasteiger partial charge on any atom is -0.457 e. The minimum atomic E-state index is -0.773. The van der Waals surface area contributed by atoms with E-state index in [2.05, 4.69) is 36.4 Å². The van der Waals surface area contributed by atoms with Crippen LogP contribution in [0.1, 0.15) is 38.2 Å². The number of nitrogens with one attached hydrogen (secondary N) is 1. The molecule has 2 unspecified atom stereocenters. The van der Waals surface area contributed by atoms with Gasteiger partial charge < -0.3 is 34.1 Å². The quantitative estimate of drug-likeness (QED) is 0.337. The van der Waals surface area contributed by atoms with Crippen LogP contribution in [0.25, 0.3) is 0 Å². The second-order valence-corrected chi connectivity index (χ2v) is 17.9. The number of carbonyl (C=O) groups excluding carboxylic acids is 4. The Morgan fingerprint density at radius 1 is 0.683 bits per heavy atom. The van der Waals surface area contributed by atoms with Crippen molar-refractivity contribution < 1.29 is 39.5 Å². The molecule has 6 heterocycles. The van der Waals surface area contributed by atoms with Crippen LogP contribution in [0.5, 0.6) is 0 Å². The van der Waals surface area contributed by atoms with Crippen LogP contribution in [0.3, 0.4) is 0 Å². The molecule has 20 heteroatoms. The highest BCUT2D eigenvalue weighted by Crippen LogP contribution is 2.32. The highest BCUT2D eigenvalue weighted by atomic mass is 35.5. The Balaban J connectivity index is 0.000000208. The van der Waals surface area contributed by atoms with Crippen LogP contribution in [-0.2, 0) is 41.4 Å². The highest BCUT2D eigenvalue weighted by Gasteiger charge is 2.50. The molecule has 3 amide bonds. The first-order valence-corrected chi connectivity index (χ1v) is 22.9. The predicted molar refractivity (Wildman–Crippen MR) is 242 cm³/mol. The number of ether oxygens (including phenoxy) is 4. The lowest BCUT2D eigenvalue weighted by atomic mass is 9.91. The second-order valence-electron chi connectivity index (χ2n) is 15.9. The van der Waals surface area contributed by atoms with Crippen LogP contribution in [0.4, 0.5) is 9.59 Å². The molecule has 6 aliphatic rings. The van der Waals surface area contributed by atoms with Crippen LogP contribution in [0.2, 0.25) is 20.1 Å². The monoisotopic (exact) mass is 974 g/mol. The summed E-state index contributed by atoms with van der Waals surface area (Å²) < 4.78 is 26.2. The summed E-state index contributed by atoms with van der Waals surface area (Å²) in [5, 5.41) is 12.5. The smallest absolute Gasteiger partial charge is 0.409 e. The van der Waals surface area contributed by atoms with Crippen molar-refractivity contribution in [2.75, 3.05) is 93.0 Å². The zero-order chi connectivity index (χ0) is 46.3. The Bertz CT molecular complexity index is 1940. The van der Waals surface area contributed by atoms with Crippen molar-refractivity contribution >= 4 is 81.3 Å². The number of nitriles is 1. The van der Waals surface area contributed by atoms with Crippen LogP contribution in [-0.4, -0.2) is 177 Å². The van der Waals surface area contributed by atoms with Gasteiger partial charge in [0.2, 0.25) is 11.8 Å². The number of benzene rings is 2. The summed E-state index contributed by atoms with van der Waals surface area (Å²) in [5.41, 5.74) is 0.959. The summed E-state index contributed by atoms with van der Waals surface area (Å²) >= 11 is 28.9. The molecule has 6 saturated heterocycles. The Hall–Kier alpha value is -3.14. The van der Waals surface area contributed by atoms with Gasteiger partial charge in [-0.3, -0.25) is 24.3 Å². The third kappa shape index (κ3) is 13.2. The van der Waals surface area contributed by atoms with E-state index >= 15 is 0 Å². The van der Waals surface area contributed by atoms with Crippen LogP contribution < -0.4 is 5.32 Å². The average Bonchev–Trinajstić information content (AvgIpc) is 4.05. The maximum absolute atomic E-state index is 13.4. The van der Waals surface area contributed by atoms with Gasteiger partial charge in [-0.05, 0) is 87.3 Å². The van der Waals surface area contributed by atoms with Gasteiger partial charge in [-0.15, -0.1) is 0 Å². The number of methoxy groups -OCH3 is 2. The number of fused-ring (bicyclic) bond motifs is 2. The van der Waals surface area contributed by atoms with Crippen molar-refractivity contribution in [3.63, 3.8) is 0 Å². The fourth-order valence-corrected chi connectivity index (χ4v) is 10.1. The summed E-state index contributed by atoms with van der Waals surface area (Å²) in [5.74, 6) is 0.185. The topological polar surface area (TPSA) is 157 Å². The second kappa shape index (κ2) is 25.0. The Labute approximate surface area is 396 Å². The van der Waals surface area contributed by atoms with E-state index in [0.717, 1.165) is 69.8 Å². The third-order valence-corrected chi connectivity index (χ3v) is 14.0. The number of rotatable bonds is 6. The van der Waals surface area contributed by atoms with Crippen molar-refractivity contribution in [2.45, 2.75) is 74.8 Å². The molecule has 63 heavy (non-hydrogen) atoms. The molecule has 1 N–H and O–H groups in total. The normalized spacial score (nSPS) is 25.8. The van der Waals surface area contributed by atoms with Gasteiger partial charge in [0.25, 0.3) is 0 Å². The van der Waals surface area contributed by atoms with Gasteiger partial charge in [-0.1, -0.05) is 58.5 Å². The Morgan fingerprint density at radius 2 is 1.13 bits per heavy atom. The number of piperazine rings is 2. The molecular formula is C43H56Cl5N7O8. The summed E-state index contributed by atoms with van der Waals surface area (Å²) in [7, 11) is 2.61. The third-order valence-electron chi connectivity index (χ3n) is 12.3. The predicted octanol–water partition coefficient (Wildman–Crippen LogP) is 6.01. The van der Waals surface area contributed by atoms with Crippen molar-refractivity contribution in [1.82, 2.24) is 29.8 Å². The number of amides is 3. The molecule has 0 aliphatic carbocycles. The van der Waals surface area contributed by atoms with Gasteiger partial charge in [-0.25, -0.2) is 14.9 Å². The van der Waals surface area contributed by atoms with Gasteiger partial charge in [0.05, 0.1) is 110 Å². The molecule has 2 aromatic rings. The number of halogens is 5. The molecule has 6 atom stereocenters. The molecule has 2 aromatic carbocycles. The van der Waals surface area contributed by atoms with Gasteiger partial charge in [0, 0.05) is 44.3 Å². The van der Waals surface area contributed by atoms with E-state index in [9.17, 15) is 19.2 Å². The van der Waals surface area contributed by atoms with Crippen LogP contribution in [0.15, 0.2) is 36.4 Å². The molecule has 0 radical (unpaired) electrons. The number of carbonyl (C=O) groups is 4. The van der Waals surface area contributed by atoms with E-state index < -0.39 is 5.43 Å². The van der Waals surface area contributed by atoms with E-state index in [-0.39, 0.29) is 60.6 Å². The number of nitrogens with zero attached hydrogens (tertiary/aromatic N) is 6. The molecule has 8 rings (SSSR count). The maximum atomic E-state index is 13.4. The molecular weight excluding hydrogens is 920 g/mol. The molecule has 0 saturated carbocycles. The molecule has 0 aromatic heterocycles. The maximum Gasteiger partial charge on any atom is 0.409 e. The number of hydrogen-bond donors (Lipinski definition) is 1. The first kappa shape index (κ1) is 49.3. The van der Waals surface area contributed by atoms with Gasteiger partial charge in [0.1, 0.15) is 0 Å². The van der Waals surface area contributed by atoms with Crippen molar-refractivity contribution in [1.29, 1.82) is 5.26 Å². The van der Waals surface area contributed by atoms with Crippen LogP contribution in [0, 0.1) is 11.8 Å². The molecule has 346 valence electrons. The zero-order valence-corrected chi connectivity index (χ0v) is 39.3. The molecule has 0 spiro atoms. The van der Waals surface area contributed by atoms with E-state index in [4.69, 9.17) is 67.2 Å². The van der Waals surface area contributed by atoms with Gasteiger partial charge in [-0.2, -0.15) is 0 Å². The first-order valence-electron chi connectivity index (χ1n) is 21.5. The SMILES string of the molecule is COC(=O)Cl.COC(=O)N1CCN(C(=O)Cc2ccc(Cl)c(Cl)c2)[C@@H]2C(N3CCCC3)COC[C@H]21.O=C(Cc1ccc(Cl)c(Cl)c1)N1CCN[C@@H]2COCC(N3CCCC3)[C@H]21.[2H]C#N. The number of hydrogen-bond acceptors (Lipinski definition) is 12. The average molecular weight is 977 g/mol.